The Morgan fingerprint density at radius 1 is 1.14 bits per heavy atom. The lowest BCUT2D eigenvalue weighted by Crippen LogP contribution is -2.26. The first-order valence-corrected chi connectivity index (χ1v) is 11.9. The van der Waals surface area contributed by atoms with Crippen molar-refractivity contribution in [3.8, 4) is 6.07 Å². The van der Waals surface area contributed by atoms with Gasteiger partial charge in [-0.3, -0.25) is 14.9 Å². The number of nitrogens with two attached hydrogens (primary N) is 1. The van der Waals surface area contributed by atoms with Crippen molar-refractivity contribution < 1.29 is 14.7 Å². The first-order chi connectivity index (χ1) is 17.9. The fraction of sp³-hybridized carbons (Fsp3) is 0.214. The van der Waals surface area contributed by atoms with Gasteiger partial charge in [-0.2, -0.15) is 5.26 Å². The summed E-state index contributed by atoms with van der Waals surface area (Å²) in [5, 5.41) is 21.4. The summed E-state index contributed by atoms with van der Waals surface area (Å²) in [6, 6.07) is 23.6. The van der Waals surface area contributed by atoms with Gasteiger partial charge in [0, 0.05) is 37.7 Å². The van der Waals surface area contributed by atoms with Crippen molar-refractivity contribution in [2.75, 3.05) is 17.3 Å². The van der Waals surface area contributed by atoms with Crippen LogP contribution in [0.5, 0.6) is 0 Å². The van der Waals surface area contributed by atoms with Gasteiger partial charge in [-0.05, 0) is 54.4 Å². The highest BCUT2D eigenvalue weighted by Crippen LogP contribution is 2.26. The number of carbonyl (C=O) groups excluding carboxylic acids is 2. The number of imidazole rings is 1. The van der Waals surface area contributed by atoms with Gasteiger partial charge in [0.2, 0.25) is 11.9 Å². The third kappa shape index (κ3) is 6.19. The Bertz CT molecular complexity index is 1440. The number of aliphatic hydroxyl groups is 1. The third-order valence-corrected chi connectivity index (χ3v) is 6.11. The number of aliphatic hydroxyl groups excluding tert-OH is 1. The number of amides is 2. The van der Waals surface area contributed by atoms with Crippen molar-refractivity contribution in [1.29, 1.82) is 5.26 Å². The molecular formula is C28H28N6O3. The number of fused-ring (bicyclic) bond motifs is 1. The predicted molar refractivity (Wildman–Crippen MR) is 142 cm³/mol. The van der Waals surface area contributed by atoms with Crippen LogP contribution in [0.2, 0.25) is 0 Å². The fourth-order valence-corrected chi connectivity index (χ4v) is 3.99. The molecule has 0 radical (unpaired) electrons. The molecule has 9 heteroatoms. The molecule has 0 aliphatic carbocycles. The van der Waals surface area contributed by atoms with Crippen molar-refractivity contribution in [2.24, 2.45) is 5.73 Å². The molecule has 2 amide bonds. The number of rotatable bonds is 9. The minimum Gasteiger partial charge on any atom is -0.379 e. The number of benzene rings is 3. The average Bonchev–Trinajstić information content (AvgIpc) is 3.26. The molecule has 4 N–H and O–H groups in total. The summed E-state index contributed by atoms with van der Waals surface area (Å²) in [6.45, 7) is 0.322. The van der Waals surface area contributed by atoms with Crippen LogP contribution in [0.25, 0.3) is 11.0 Å². The largest absolute Gasteiger partial charge is 0.379 e. The number of hydrogen-bond donors (Lipinski definition) is 3. The monoisotopic (exact) mass is 496 g/mol. The van der Waals surface area contributed by atoms with Gasteiger partial charge in [0.05, 0.1) is 22.7 Å². The van der Waals surface area contributed by atoms with Crippen molar-refractivity contribution >= 4 is 34.5 Å². The molecule has 0 aliphatic heterocycles. The Kier molecular flexibility index (Phi) is 7.93. The van der Waals surface area contributed by atoms with Crippen LogP contribution < -0.4 is 16.0 Å². The van der Waals surface area contributed by atoms with E-state index < -0.39 is 6.23 Å². The molecule has 0 bridgehead atoms. The first kappa shape index (κ1) is 25.6. The second kappa shape index (κ2) is 11.5. The second-order valence-corrected chi connectivity index (χ2v) is 8.70. The maximum absolute atomic E-state index is 12.9. The molecule has 9 nitrogen and oxygen atoms in total. The molecule has 188 valence electrons. The standard InChI is InChI=1S/C28H28N6O3/c1-33(26(36)14-9-19-5-3-2-4-6-19)22-12-13-24-23(17-22)31-28(34(24)16-15-25(30)35)32-27(37)21-10-7-20(18-29)8-11-21/h2-8,10-13,17,25,35H,9,14-16,30H2,1H3,(H,31,32,37). The Morgan fingerprint density at radius 2 is 1.86 bits per heavy atom. The number of aromatic nitrogens is 2. The Labute approximate surface area is 214 Å². The molecule has 0 aliphatic rings. The number of nitrogens with zero attached hydrogens (tertiary/aromatic N) is 4. The number of nitriles is 1. The normalized spacial score (nSPS) is 11.6. The van der Waals surface area contributed by atoms with Crippen LogP contribution >= 0.6 is 0 Å². The molecular weight excluding hydrogens is 468 g/mol. The molecule has 1 aromatic heterocycles. The minimum absolute atomic E-state index is 0.0248. The quantitative estimate of drug-likeness (QED) is 0.304. The van der Waals surface area contributed by atoms with Gasteiger partial charge in [0.15, 0.2) is 0 Å². The lowest BCUT2D eigenvalue weighted by Gasteiger charge is -2.17. The van der Waals surface area contributed by atoms with Gasteiger partial charge >= 0.3 is 0 Å². The summed E-state index contributed by atoms with van der Waals surface area (Å²) in [5.74, 6) is -0.119. The zero-order valence-electron chi connectivity index (χ0n) is 20.5. The summed E-state index contributed by atoms with van der Waals surface area (Å²) in [4.78, 5) is 31.9. The Morgan fingerprint density at radius 3 is 2.54 bits per heavy atom. The molecule has 37 heavy (non-hydrogen) atoms. The van der Waals surface area contributed by atoms with E-state index in [1.165, 1.54) is 0 Å². The van der Waals surface area contributed by atoms with E-state index in [-0.39, 0.29) is 18.2 Å². The predicted octanol–water partition coefficient (Wildman–Crippen LogP) is 3.42. The van der Waals surface area contributed by atoms with Crippen LogP contribution in [0.3, 0.4) is 0 Å². The maximum Gasteiger partial charge on any atom is 0.257 e. The van der Waals surface area contributed by atoms with Crippen LogP contribution in [-0.4, -0.2) is 39.7 Å². The molecule has 4 rings (SSSR count). The molecule has 4 aromatic rings. The SMILES string of the molecule is CN(C(=O)CCc1ccccc1)c1ccc2c(c1)nc(NC(=O)c1ccc(C#N)cc1)n2CCC(N)O. The molecule has 0 saturated carbocycles. The lowest BCUT2D eigenvalue weighted by atomic mass is 10.1. The minimum atomic E-state index is -1.02. The van der Waals surface area contributed by atoms with Crippen LogP contribution in [0.15, 0.2) is 72.8 Å². The van der Waals surface area contributed by atoms with Gasteiger partial charge in [-0.15, -0.1) is 0 Å². The van der Waals surface area contributed by atoms with Crippen LogP contribution in [-0.2, 0) is 17.8 Å². The van der Waals surface area contributed by atoms with Gasteiger partial charge in [-0.1, -0.05) is 30.3 Å². The Balaban J connectivity index is 1.57. The van der Waals surface area contributed by atoms with E-state index in [0.29, 0.717) is 47.7 Å². The zero-order valence-corrected chi connectivity index (χ0v) is 20.5. The van der Waals surface area contributed by atoms with E-state index in [1.54, 1.807) is 46.8 Å². The molecule has 0 saturated heterocycles. The van der Waals surface area contributed by atoms with Crippen LogP contribution in [0, 0.1) is 11.3 Å². The average molecular weight is 497 g/mol. The molecule has 1 heterocycles. The van der Waals surface area contributed by atoms with E-state index in [2.05, 4.69) is 10.3 Å². The maximum atomic E-state index is 12.9. The van der Waals surface area contributed by atoms with Crippen molar-refractivity contribution in [3.63, 3.8) is 0 Å². The van der Waals surface area contributed by atoms with Crippen molar-refractivity contribution in [1.82, 2.24) is 9.55 Å². The van der Waals surface area contributed by atoms with E-state index >= 15 is 0 Å². The van der Waals surface area contributed by atoms with E-state index in [0.717, 1.165) is 11.1 Å². The highest BCUT2D eigenvalue weighted by Gasteiger charge is 2.18. The third-order valence-electron chi connectivity index (χ3n) is 6.11. The van der Waals surface area contributed by atoms with E-state index in [9.17, 15) is 14.7 Å². The number of anilines is 2. The number of hydrogen-bond acceptors (Lipinski definition) is 6. The number of carbonyl (C=O) groups is 2. The summed E-state index contributed by atoms with van der Waals surface area (Å²) in [6.07, 6.45) is 0.249. The summed E-state index contributed by atoms with van der Waals surface area (Å²) in [7, 11) is 1.73. The van der Waals surface area contributed by atoms with Crippen molar-refractivity contribution in [2.45, 2.75) is 32.0 Å². The van der Waals surface area contributed by atoms with Crippen molar-refractivity contribution in [3.05, 3.63) is 89.5 Å². The fourth-order valence-electron chi connectivity index (χ4n) is 3.99. The van der Waals surface area contributed by atoms with Gasteiger partial charge in [0.1, 0.15) is 6.23 Å². The Hall–Kier alpha value is -4.52. The van der Waals surface area contributed by atoms with E-state index in [1.807, 2.05) is 48.5 Å². The molecule has 1 unspecified atom stereocenters. The van der Waals surface area contributed by atoms with Gasteiger partial charge in [-0.25, -0.2) is 4.98 Å². The molecule has 0 spiro atoms. The van der Waals surface area contributed by atoms with Gasteiger partial charge in [0.25, 0.3) is 5.91 Å². The van der Waals surface area contributed by atoms with E-state index in [4.69, 9.17) is 11.0 Å². The summed E-state index contributed by atoms with van der Waals surface area (Å²) < 4.78 is 1.77. The first-order valence-electron chi connectivity index (χ1n) is 11.9. The number of aryl methyl sites for hydroxylation is 2. The molecule has 0 fully saturated rings. The number of nitrogens with one attached hydrogen (secondary N) is 1. The summed E-state index contributed by atoms with van der Waals surface area (Å²) >= 11 is 0. The second-order valence-electron chi connectivity index (χ2n) is 8.70. The topological polar surface area (TPSA) is 137 Å². The summed E-state index contributed by atoms with van der Waals surface area (Å²) in [5.41, 5.74) is 9.48. The van der Waals surface area contributed by atoms with Gasteiger partial charge < -0.3 is 20.3 Å². The van der Waals surface area contributed by atoms with Crippen LogP contribution in [0.4, 0.5) is 11.6 Å². The van der Waals surface area contributed by atoms with Crippen LogP contribution in [0.1, 0.15) is 34.3 Å². The molecule has 1 atom stereocenters. The highest BCUT2D eigenvalue weighted by atomic mass is 16.3. The zero-order chi connectivity index (χ0) is 26.4. The lowest BCUT2D eigenvalue weighted by molar-refractivity contribution is -0.118. The highest BCUT2D eigenvalue weighted by molar-refractivity contribution is 6.04. The molecule has 3 aromatic carbocycles. The smallest absolute Gasteiger partial charge is 0.257 e.